The molecule has 0 saturated carbocycles. The van der Waals surface area contributed by atoms with Crippen LogP contribution in [0.4, 0.5) is 0 Å². The van der Waals surface area contributed by atoms with Gasteiger partial charge in [0.25, 0.3) is 0 Å². The smallest absolute Gasteiger partial charge is 0.220 e. The highest BCUT2D eigenvalue weighted by Gasteiger charge is 2.51. The standard InChI is InChI=1S/C63H101NO13/c1-3-5-7-9-11-13-15-17-19-20-21-22-23-24-25-26-27-28-29-30-31-32-33-35-37-39-41-43-45-47-55(68)64-51(52(67)46-44-42-40-38-36-34-18-16-14-12-10-8-6-4-2)50-74-62-60(73)58(71)61(54(49-66)76-62)77-63-59(72)57(70)56(69)53(48-65)75-63/h5,7,11,13-14,16-17,19,21-22,24-25,27-28,30-31,33,35-36,38,44,46,51-54,56-63,65-67,69-73H,3-4,6,8-10,12,15,18,20,23,26,29,32,34,37,39-43,45,47-50H2,1-2H3,(H,64,68)/b7-5-,13-11-,16-14+,19-17-,22-21-,25-24-,28-27-,31-30-,35-33-,38-36+,46-44+. The Hall–Kier alpha value is -3.87. The number of amides is 1. The van der Waals surface area contributed by atoms with Gasteiger partial charge in [0.1, 0.15) is 48.8 Å². The second-order valence-electron chi connectivity index (χ2n) is 19.7. The molecule has 0 aromatic rings. The third-order valence-corrected chi connectivity index (χ3v) is 13.0. The van der Waals surface area contributed by atoms with Crippen LogP contribution in [0.3, 0.4) is 0 Å². The Balaban J connectivity index is 1.78. The summed E-state index contributed by atoms with van der Waals surface area (Å²) in [5.74, 6) is -0.286. The highest BCUT2D eigenvalue weighted by molar-refractivity contribution is 5.76. The highest BCUT2D eigenvalue weighted by atomic mass is 16.7. The number of aliphatic hydroxyl groups excluding tert-OH is 8. The maximum atomic E-state index is 13.2. The van der Waals surface area contributed by atoms with E-state index in [-0.39, 0.29) is 18.9 Å². The van der Waals surface area contributed by atoms with Crippen molar-refractivity contribution in [3.63, 3.8) is 0 Å². The average Bonchev–Trinajstić information content (AvgIpc) is 3.43. The zero-order valence-electron chi connectivity index (χ0n) is 46.6. The van der Waals surface area contributed by atoms with E-state index in [1.165, 1.54) is 25.7 Å². The Morgan fingerprint density at radius 1 is 0.481 bits per heavy atom. The van der Waals surface area contributed by atoms with E-state index in [0.717, 1.165) is 103 Å². The first-order chi connectivity index (χ1) is 37.6. The van der Waals surface area contributed by atoms with Gasteiger partial charge in [-0.1, -0.05) is 180 Å². The second kappa shape index (κ2) is 47.0. The molecule has 0 aromatic heterocycles. The molecule has 77 heavy (non-hydrogen) atoms. The maximum absolute atomic E-state index is 13.2. The van der Waals surface area contributed by atoms with Crippen LogP contribution in [-0.2, 0) is 23.7 Å². The molecule has 2 rings (SSSR count). The lowest BCUT2D eigenvalue weighted by Crippen LogP contribution is -2.65. The molecule has 14 nitrogen and oxygen atoms in total. The molecule has 436 valence electrons. The second-order valence-corrected chi connectivity index (χ2v) is 19.7. The maximum Gasteiger partial charge on any atom is 0.220 e. The summed E-state index contributed by atoms with van der Waals surface area (Å²) < 4.78 is 22.7. The van der Waals surface area contributed by atoms with Crippen molar-refractivity contribution in [2.45, 2.75) is 235 Å². The van der Waals surface area contributed by atoms with Crippen LogP contribution in [-0.4, -0.2) is 140 Å². The van der Waals surface area contributed by atoms with Crippen molar-refractivity contribution in [3.05, 3.63) is 134 Å². The quantitative estimate of drug-likeness (QED) is 0.0205. The van der Waals surface area contributed by atoms with Crippen molar-refractivity contribution in [2.24, 2.45) is 0 Å². The van der Waals surface area contributed by atoms with E-state index in [0.29, 0.717) is 12.8 Å². The monoisotopic (exact) mass is 1080 g/mol. The molecule has 12 atom stereocenters. The molecule has 0 spiro atoms. The normalized spacial score (nSPS) is 25.7. The first-order valence-electron chi connectivity index (χ1n) is 28.9. The van der Waals surface area contributed by atoms with Gasteiger partial charge in [-0.3, -0.25) is 4.79 Å². The Morgan fingerprint density at radius 3 is 1.42 bits per heavy atom. The van der Waals surface area contributed by atoms with Gasteiger partial charge in [-0.2, -0.15) is 0 Å². The predicted molar refractivity (Wildman–Crippen MR) is 308 cm³/mol. The number of carbonyl (C=O) groups is 1. The number of hydrogen-bond donors (Lipinski definition) is 9. The lowest BCUT2D eigenvalue weighted by molar-refractivity contribution is -0.359. The SMILES string of the molecule is CC/C=C\C/C=C\C/C=C\C/C=C\C/C=C\C/C=C\C/C=C\C/C=C\CCCCCCC(=O)NC(COC1OC(CO)C(OC2OC(CO)C(O)C(O)C2O)C(O)C1O)C(O)/C=C/CC/C=C/CC/C=C/CCCCCC. The fourth-order valence-corrected chi connectivity index (χ4v) is 8.39. The lowest BCUT2D eigenvalue weighted by atomic mass is 9.97. The van der Waals surface area contributed by atoms with Crippen LogP contribution in [0.15, 0.2) is 134 Å². The summed E-state index contributed by atoms with van der Waals surface area (Å²) in [6.45, 7) is 2.58. The lowest BCUT2D eigenvalue weighted by Gasteiger charge is -2.46. The number of rotatable bonds is 43. The molecule has 0 aliphatic carbocycles. The molecule has 2 aliphatic heterocycles. The Bertz CT molecular complexity index is 1800. The topological polar surface area (TPSA) is 228 Å². The Kier molecular flexibility index (Phi) is 42.2. The zero-order chi connectivity index (χ0) is 56.0. The molecule has 12 unspecified atom stereocenters. The molecule has 1 amide bonds. The van der Waals surface area contributed by atoms with Crippen LogP contribution in [0.1, 0.15) is 162 Å². The molecule has 0 bridgehead atoms. The molecule has 9 N–H and O–H groups in total. The summed E-state index contributed by atoms with van der Waals surface area (Å²) in [6.07, 6.45) is 52.0. The van der Waals surface area contributed by atoms with E-state index in [1.807, 2.05) is 6.08 Å². The van der Waals surface area contributed by atoms with Crippen molar-refractivity contribution in [2.75, 3.05) is 19.8 Å². The van der Waals surface area contributed by atoms with E-state index < -0.39 is 86.8 Å². The first-order valence-corrected chi connectivity index (χ1v) is 28.9. The van der Waals surface area contributed by atoms with Gasteiger partial charge in [-0.15, -0.1) is 0 Å². The fourth-order valence-electron chi connectivity index (χ4n) is 8.39. The molecule has 2 heterocycles. The minimum atomic E-state index is -1.80. The minimum absolute atomic E-state index is 0.230. The number of nitrogens with one attached hydrogen (secondary N) is 1. The van der Waals surface area contributed by atoms with Crippen molar-refractivity contribution in [1.29, 1.82) is 0 Å². The van der Waals surface area contributed by atoms with Crippen molar-refractivity contribution < 1.29 is 64.6 Å². The van der Waals surface area contributed by atoms with Gasteiger partial charge in [0, 0.05) is 6.42 Å². The Labute approximate surface area is 462 Å². The summed E-state index contributed by atoms with van der Waals surface area (Å²) in [5.41, 5.74) is 0. The molecule has 0 aromatic carbocycles. The third-order valence-electron chi connectivity index (χ3n) is 13.0. The summed E-state index contributed by atoms with van der Waals surface area (Å²) in [5, 5.41) is 86.9. The largest absolute Gasteiger partial charge is 0.394 e. The molecule has 2 aliphatic rings. The third kappa shape index (κ3) is 32.7. The number of aliphatic hydroxyl groups is 8. The molecule has 2 saturated heterocycles. The number of ether oxygens (including phenoxy) is 4. The van der Waals surface area contributed by atoms with Crippen LogP contribution in [0.25, 0.3) is 0 Å². The van der Waals surface area contributed by atoms with Gasteiger partial charge in [0.05, 0.1) is 32.0 Å². The van der Waals surface area contributed by atoms with Crippen LogP contribution in [0, 0.1) is 0 Å². The molecular formula is C63H101NO13. The summed E-state index contributed by atoms with van der Waals surface area (Å²) in [4.78, 5) is 13.2. The highest BCUT2D eigenvalue weighted by Crippen LogP contribution is 2.30. The van der Waals surface area contributed by atoms with Crippen molar-refractivity contribution in [3.8, 4) is 0 Å². The molecule has 14 heteroatoms. The summed E-state index contributed by atoms with van der Waals surface area (Å²) in [7, 11) is 0. The number of allylic oxidation sites excluding steroid dienone is 21. The summed E-state index contributed by atoms with van der Waals surface area (Å²) >= 11 is 0. The molecular weight excluding hydrogens is 979 g/mol. The minimum Gasteiger partial charge on any atom is -0.394 e. The van der Waals surface area contributed by atoms with Crippen LogP contribution >= 0.6 is 0 Å². The van der Waals surface area contributed by atoms with E-state index in [2.05, 4.69) is 141 Å². The van der Waals surface area contributed by atoms with Crippen LogP contribution in [0.5, 0.6) is 0 Å². The fraction of sp³-hybridized carbons (Fsp3) is 0.635. The van der Waals surface area contributed by atoms with Gasteiger partial charge in [0.2, 0.25) is 5.91 Å². The summed E-state index contributed by atoms with van der Waals surface area (Å²) in [6, 6.07) is -0.962. The van der Waals surface area contributed by atoms with Gasteiger partial charge >= 0.3 is 0 Å². The first kappa shape index (κ1) is 69.2. The number of hydrogen-bond acceptors (Lipinski definition) is 13. The van der Waals surface area contributed by atoms with Crippen molar-refractivity contribution >= 4 is 5.91 Å². The van der Waals surface area contributed by atoms with E-state index in [4.69, 9.17) is 18.9 Å². The van der Waals surface area contributed by atoms with Gasteiger partial charge < -0.3 is 65.1 Å². The number of carbonyl (C=O) groups excluding carboxylic acids is 1. The van der Waals surface area contributed by atoms with Crippen LogP contribution in [0.2, 0.25) is 0 Å². The van der Waals surface area contributed by atoms with Gasteiger partial charge in [-0.25, -0.2) is 0 Å². The molecule has 0 radical (unpaired) electrons. The van der Waals surface area contributed by atoms with Crippen LogP contribution < -0.4 is 5.32 Å². The van der Waals surface area contributed by atoms with E-state index in [9.17, 15) is 45.6 Å². The zero-order valence-corrected chi connectivity index (χ0v) is 46.6. The van der Waals surface area contributed by atoms with Gasteiger partial charge in [-0.05, 0) is 109 Å². The predicted octanol–water partition coefficient (Wildman–Crippen LogP) is 9.60. The number of unbranched alkanes of at least 4 members (excludes halogenated alkanes) is 10. The average molecular weight is 1080 g/mol. The van der Waals surface area contributed by atoms with Gasteiger partial charge in [0.15, 0.2) is 12.6 Å². The molecule has 2 fully saturated rings. The van der Waals surface area contributed by atoms with E-state index >= 15 is 0 Å². The Morgan fingerprint density at radius 2 is 0.909 bits per heavy atom. The van der Waals surface area contributed by atoms with Crippen molar-refractivity contribution in [1.82, 2.24) is 5.32 Å². The van der Waals surface area contributed by atoms with E-state index in [1.54, 1.807) is 6.08 Å².